The van der Waals surface area contributed by atoms with E-state index in [1.54, 1.807) is 0 Å². The maximum absolute atomic E-state index is 10.2. The first-order valence-electron chi connectivity index (χ1n) is 7.42. The van der Waals surface area contributed by atoms with Gasteiger partial charge in [0.15, 0.2) is 0 Å². The van der Waals surface area contributed by atoms with Crippen LogP contribution in [0.4, 0.5) is 0 Å². The van der Waals surface area contributed by atoms with Crippen molar-refractivity contribution in [3.05, 3.63) is 35.9 Å². The Kier molecular flexibility index (Phi) is 4.64. The van der Waals surface area contributed by atoms with Crippen LogP contribution in [-0.4, -0.2) is 22.9 Å². The van der Waals surface area contributed by atoms with Crippen LogP contribution in [0.2, 0.25) is 0 Å². The minimum absolute atomic E-state index is 0.0334. The van der Waals surface area contributed by atoms with Crippen LogP contribution in [0.25, 0.3) is 0 Å². The average molecular weight is 262 g/mol. The van der Waals surface area contributed by atoms with Gasteiger partial charge in [-0.25, -0.2) is 0 Å². The van der Waals surface area contributed by atoms with E-state index in [1.807, 2.05) is 0 Å². The third-order valence-electron chi connectivity index (χ3n) is 4.35. The summed E-state index contributed by atoms with van der Waals surface area (Å²) in [6.45, 7) is 6.33. The molecular weight excluding hydrogens is 236 g/mol. The topological polar surface area (TPSA) is 29.5 Å². The third kappa shape index (κ3) is 3.80. The van der Waals surface area contributed by atoms with Gasteiger partial charge in [0.05, 0.1) is 17.8 Å². The Morgan fingerprint density at radius 1 is 1.21 bits per heavy atom. The van der Waals surface area contributed by atoms with Gasteiger partial charge in [-0.15, -0.1) is 0 Å². The quantitative estimate of drug-likeness (QED) is 0.892. The number of aliphatic hydroxyl groups excluding tert-OH is 1. The fourth-order valence-corrected chi connectivity index (χ4v) is 2.76. The Balaban J connectivity index is 2.04. The molecule has 2 rings (SSSR count). The highest BCUT2D eigenvalue weighted by Gasteiger charge is 2.34. The van der Waals surface area contributed by atoms with Crippen molar-refractivity contribution < 1.29 is 9.84 Å². The number of benzene rings is 1. The van der Waals surface area contributed by atoms with Gasteiger partial charge >= 0.3 is 0 Å². The zero-order valence-corrected chi connectivity index (χ0v) is 12.3. The molecule has 0 saturated heterocycles. The predicted octanol–water partition coefficient (Wildman–Crippen LogP) is 3.89. The molecule has 1 saturated carbocycles. The lowest BCUT2D eigenvalue weighted by Gasteiger charge is -2.38. The monoisotopic (exact) mass is 262 g/mol. The van der Waals surface area contributed by atoms with Crippen LogP contribution in [0.5, 0.6) is 0 Å². The van der Waals surface area contributed by atoms with Gasteiger partial charge in [0.25, 0.3) is 0 Å². The smallest absolute Gasteiger partial charge is 0.0847 e. The second-order valence-electron chi connectivity index (χ2n) is 6.26. The molecule has 1 N–H and O–H groups in total. The highest BCUT2D eigenvalue weighted by atomic mass is 16.5. The van der Waals surface area contributed by atoms with Gasteiger partial charge in [0.1, 0.15) is 0 Å². The maximum Gasteiger partial charge on any atom is 0.0847 e. The molecule has 0 heterocycles. The molecule has 2 nitrogen and oxygen atoms in total. The maximum atomic E-state index is 10.2. The van der Waals surface area contributed by atoms with E-state index in [0.717, 1.165) is 25.7 Å². The summed E-state index contributed by atoms with van der Waals surface area (Å²) in [7, 11) is 0. The summed E-state index contributed by atoms with van der Waals surface area (Å²) in [5.41, 5.74) is 1.22. The van der Waals surface area contributed by atoms with Gasteiger partial charge in [-0.05, 0) is 51.0 Å². The number of aliphatic hydroxyl groups is 1. The Bertz CT molecular complexity index is 386. The molecule has 0 aliphatic heterocycles. The molecule has 2 heteroatoms. The van der Waals surface area contributed by atoms with Crippen LogP contribution in [0.15, 0.2) is 30.3 Å². The molecular formula is C17H26O2. The molecule has 1 aromatic rings. The van der Waals surface area contributed by atoms with Gasteiger partial charge in [0, 0.05) is 0 Å². The Labute approximate surface area is 116 Å². The summed E-state index contributed by atoms with van der Waals surface area (Å²) < 4.78 is 6.14. The van der Waals surface area contributed by atoms with Crippen molar-refractivity contribution >= 4 is 0 Å². The summed E-state index contributed by atoms with van der Waals surface area (Å²) in [6.07, 6.45) is 3.43. The van der Waals surface area contributed by atoms with Crippen LogP contribution in [0.3, 0.4) is 0 Å². The molecule has 1 fully saturated rings. The second kappa shape index (κ2) is 6.06. The van der Waals surface area contributed by atoms with E-state index in [9.17, 15) is 5.11 Å². The molecule has 19 heavy (non-hydrogen) atoms. The molecule has 106 valence electrons. The van der Waals surface area contributed by atoms with Crippen LogP contribution in [-0.2, 0) is 4.74 Å². The molecule has 3 unspecified atom stereocenters. The zero-order chi connectivity index (χ0) is 13.9. The van der Waals surface area contributed by atoms with E-state index >= 15 is 0 Å². The van der Waals surface area contributed by atoms with Crippen molar-refractivity contribution in [1.82, 2.24) is 0 Å². The Morgan fingerprint density at radius 3 is 2.53 bits per heavy atom. The number of hydrogen-bond acceptors (Lipinski definition) is 2. The van der Waals surface area contributed by atoms with Crippen LogP contribution in [0, 0.1) is 0 Å². The lowest BCUT2D eigenvalue weighted by molar-refractivity contribution is -0.136. The fraction of sp³-hybridized carbons (Fsp3) is 0.647. The lowest BCUT2D eigenvalue weighted by atomic mass is 9.81. The second-order valence-corrected chi connectivity index (χ2v) is 6.26. The minimum Gasteiger partial charge on any atom is -0.390 e. The molecule has 0 aromatic heterocycles. The van der Waals surface area contributed by atoms with Gasteiger partial charge < -0.3 is 9.84 Å². The first-order chi connectivity index (χ1) is 9.02. The number of hydrogen-bond donors (Lipinski definition) is 1. The average Bonchev–Trinajstić information content (AvgIpc) is 2.42. The van der Waals surface area contributed by atoms with E-state index in [-0.39, 0.29) is 17.8 Å². The van der Waals surface area contributed by atoms with Gasteiger partial charge in [-0.1, -0.05) is 37.3 Å². The van der Waals surface area contributed by atoms with E-state index in [0.29, 0.717) is 5.92 Å². The SMILES string of the molecule is CCC(C)(C)OC1CC(c2ccccc2)CCC1O. The van der Waals surface area contributed by atoms with Crippen LogP contribution in [0.1, 0.15) is 57.9 Å². The van der Waals surface area contributed by atoms with E-state index < -0.39 is 0 Å². The summed E-state index contributed by atoms with van der Waals surface area (Å²) in [6, 6.07) is 10.6. The normalized spacial score (nSPS) is 28.3. The summed E-state index contributed by atoms with van der Waals surface area (Å²) >= 11 is 0. The standard InChI is InChI=1S/C17H26O2/c1-4-17(2,3)19-16-12-14(10-11-15(16)18)13-8-6-5-7-9-13/h5-9,14-16,18H,4,10-12H2,1-3H3. The third-order valence-corrected chi connectivity index (χ3v) is 4.35. The molecule has 0 amide bonds. The van der Waals surface area contributed by atoms with Crippen LogP contribution >= 0.6 is 0 Å². The van der Waals surface area contributed by atoms with E-state index in [4.69, 9.17) is 4.74 Å². The molecule has 0 bridgehead atoms. The van der Waals surface area contributed by atoms with Crippen molar-refractivity contribution in [2.75, 3.05) is 0 Å². The minimum atomic E-state index is -0.314. The summed E-state index contributed by atoms with van der Waals surface area (Å²) in [4.78, 5) is 0. The molecule has 1 aliphatic rings. The highest BCUT2D eigenvalue weighted by Crippen LogP contribution is 2.36. The summed E-state index contributed by atoms with van der Waals surface area (Å²) in [5, 5.41) is 10.2. The highest BCUT2D eigenvalue weighted by molar-refractivity contribution is 5.20. The van der Waals surface area contributed by atoms with Crippen molar-refractivity contribution in [2.24, 2.45) is 0 Å². The first kappa shape index (κ1) is 14.5. The predicted molar refractivity (Wildman–Crippen MR) is 78.3 cm³/mol. The fourth-order valence-electron chi connectivity index (χ4n) is 2.76. The zero-order valence-electron chi connectivity index (χ0n) is 12.3. The Hall–Kier alpha value is -0.860. The molecule has 3 atom stereocenters. The lowest BCUT2D eigenvalue weighted by Crippen LogP contribution is -2.41. The molecule has 1 aliphatic carbocycles. The molecule has 0 spiro atoms. The molecule has 0 radical (unpaired) electrons. The largest absolute Gasteiger partial charge is 0.390 e. The summed E-state index contributed by atoms with van der Waals surface area (Å²) in [5.74, 6) is 0.516. The van der Waals surface area contributed by atoms with Crippen LogP contribution < -0.4 is 0 Å². The number of rotatable bonds is 4. The van der Waals surface area contributed by atoms with Crippen molar-refractivity contribution in [3.63, 3.8) is 0 Å². The van der Waals surface area contributed by atoms with Gasteiger partial charge in [-0.2, -0.15) is 0 Å². The number of ether oxygens (including phenoxy) is 1. The first-order valence-corrected chi connectivity index (χ1v) is 7.42. The molecule has 1 aromatic carbocycles. The van der Waals surface area contributed by atoms with E-state index in [2.05, 4.69) is 51.1 Å². The van der Waals surface area contributed by atoms with Crippen molar-refractivity contribution in [3.8, 4) is 0 Å². The van der Waals surface area contributed by atoms with Gasteiger partial charge in [0.2, 0.25) is 0 Å². The van der Waals surface area contributed by atoms with Crippen molar-refractivity contribution in [2.45, 2.75) is 70.2 Å². The Morgan fingerprint density at radius 2 is 1.89 bits per heavy atom. The van der Waals surface area contributed by atoms with Crippen molar-refractivity contribution in [1.29, 1.82) is 0 Å². The van der Waals surface area contributed by atoms with Gasteiger partial charge in [-0.3, -0.25) is 0 Å². The van der Waals surface area contributed by atoms with E-state index in [1.165, 1.54) is 5.56 Å².